The van der Waals surface area contributed by atoms with Crippen molar-refractivity contribution in [1.82, 2.24) is 0 Å². The molecule has 0 heterocycles. The Morgan fingerprint density at radius 2 is 2.13 bits per heavy atom. The van der Waals surface area contributed by atoms with Gasteiger partial charge in [-0.25, -0.2) is 0 Å². The molecule has 0 amide bonds. The van der Waals surface area contributed by atoms with Crippen LogP contribution in [0.25, 0.3) is 0 Å². The van der Waals surface area contributed by atoms with Gasteiger partial charge >= 0.3 is 0 Å². The summed E-state index contributed by atoms with van der Waals surface area (Å²) in [5.74, 6) is 0.143. The second-order valence-electron chi connectivity index (χ2n) is 3.88. The molecule has 0 radical (unpaired) electrons. The maximum Gasteiger partial charge on any atom is 0.272 e. The molecule has 0 fully saturated rings. The maximum atomic E-state index is 10.8. The Kier molecular flexibility index (Phi) is 3.61. The van der Waals surface area contributed by atoms with E-state index < -0.39 is 0 Å². The minimum Gasteiger partial charge on any atom is -0.258 e. The van der Waals surface area contributed by atoms with Crippen LogP contribution >= 0.6 is 0 Å². The lowest BCUT2D eigenvalue weighted by Crippen LogP contribution is -2.00. The van der Waals surface area contributed by atoms with Crippen LogP contribution in [0.5, 0.6) is 0 Å². The molecular weight excluding hydrogens is 190 g/mol. The van der Waals surface area contributed by atoms with Crippen LogP contribution < -0.4 is 0 Å². The number of rotatable bonds is 4. The SMILES string of the molecule is C=C(C)CC(C)c1ccccc1[N+](=O)[O-]. The standard InChI is InChI=1S/C12H15NO2/c1-9(2)8-10(3)11-6-4-5-7-12(11)13(14)15/h4-7,10H,1,8H2,2-3H3. The van der Waals surface area contributed by atoms with Gasteiger partial charge in [0, 0.05) is 11.6 Å². The van der Waals surface area contributed by atoms with E-state index in [1.807, 2.05) is 26.0 Å². The van der Waals surface area contributed by atoms with Crippen LogP contribution in [-0.2, 0) is 0 Å². The highest BCUT2D eigenvalue weighted by Gasteiger charge is 2.17. The molecule has 80 valence electrons. The Labute approximate surface area is 89.6 Å². The Hall–Kier alpha value is -1.64. The minimum atomic E-state index is -0.329. The van der Waals surface area contributed by atoms with Gasteiger partial charge in [0.15, 0.2) is 0 Å². The zero-order valence-electron chi connectivity index (χ0n) is 9.06. The summed E-state index contributed by atoms with van der Waals surface area (Å²) in [5, 5.41) is 10.8. The monoisotopic (exact) mass is 205 g/mol. The molecule has 0 spiro atoms. The number of benzene rings is 1. The molecule has 0 aliphatic carbocycles. The van der Waals surface area contributed by atoms with Crippen molar-refractivity contribution in [1.29, 1.82) is 0 Å². The van der Waals surface area contributed by atoms with Crippen molar-refractivity contribution in [3.05, 3.63) is 52.1 Å². The van der Waals surface area contributed by atoms with E-state index in [9.17, 15) is 10.1 Å². The first-order valence-electron chi connectivity index (χ1n) is 4.90. The van der Waals surface area contributed by atoms with Crippen LogP contribution in [-0.4, -0.2) is 4.92 Å². The normalized spacial score (nSPS) is 12.1. The van der Waals surface area contributed by atoms with Gasteiger partial charge in [0.25, 0.3) is 5.69 Å². The van der Waals surface area contributed by atoms with Gasteiger partial charge in [0.1, 0.15) is 0 Å². The van der Waals surface area contributed by atoms with Crippen LogP contribution in [0.4, 0.5) is 5.69 Å². The topological polar surface area (TPSA) is 43.1 Å². The van der Waals surface area contributed by atoms with Gasteiger partial charge < -0.3 is 0 Å². The number of nitrogens with zero attached hydrogens (tertiary/aromatic N) is 1. The van der Waals surface area contributed by atoms with Gasteiger partial charge in [-0.2, -0.15) is 0 Å². The number of para-hydroxylation sites is 1. The summed E-state index contributed by atoms with van der Waals surface area (Å²) < 4.78 is 0. The Morgan fingerprint density at radius 1 is 1.53 bits per heavy atom. The number of nitro benzene ring substituents is 1. The number of hydrogen-bond donors (Lipinski definition) is 0. The van der Waals surface area contributed by atoms with Crippen molar-refractivity contribution in [2.24, 2.45) is 0 Å². The van der Waals surface area contributed by atoms with Crippen LogP contribution in [0.2, 0.25) is 0 Å². The highest BCUT2D eigenvalue weighted by atomic mass is 16.6. The summed E-state index contributed by atoms with van der Waals surface area (Å²) in [6.45, 7) is 7.74. The second kappa shape index (κ2) is 4.73. The van der Waals surface area contributed by atoms with Gasteiger partial charge in [0.2, 0.25) is 0 Å². The van der Waals surface area contributed by atoms with Crippen molar-refractivity contribution < 1.29 is 4.92 Å². The maximum absolute atomic E-state index is 10.8. The van der Waals surface area contributed by atoms with Crippen LogP contribution in [0.15, 0.2) is 36.4 Å². The smallest absolute Gasteiger partial charge is 0.258 e. The number of hydrogen-bond acceptors (Lipinski definition) is 2. The van der Waals surface area contributed by atoms with E-state index in [0.29, 0.717) is 0 Å². The molecule has 3 nitrogen and oxygen atoms in total. The van der Waals surface area contributed by atoms with Crippen LogP contribution in [0, 0.1) is 10.1 Å². The first-order valence-corrected chi connectivity index (χ1v) is 4.90. The molecule has 0 aromatic heterocycles. The van der Waals surface area contributed by atoms with E-state index in [-0.39, 0.29) is 16.5 Å². The summed E-state index contributed by atoms with van der Waals surface area (Å²) in [7, 11) is 0. The molecule has 0 saturated carbocycles. The van der Waals surface area contributed by atoms with Gasteiger partial charge in [-0.3, -0.25) is 10.1 Å². The van der Waals surface area contributed by atoms with Crippen molar-refractivity contribution in [3.63, 3.8) is 0 Å². The van der Waals surface area contributed by atoms with Crippen LogP contribution in [0.1, 0.15) is 31.7 Å². The molecule has 1 atom stereocenters. The largest absolute Gasteiger partial charge is 0.272 e. The zero-order valence-corrected chi connectivity index (χ0v) is 9.06. The first kappa shape index (κ1) is 11.4. The van der Waals surface area contributed by atoms with E-state index in [1.165, 1.54) is 0 Å². The molecule has 1 rings (SSSR count). The molecule has 0 saturated heterocycles. The lowest BCUT2D eigenvalue weighted by molar-refractivity contribution is -0.385. The third kappa shape index (κ3) is 2.91. The van der Waals surface area contributed by atoms with E-state index in [0.717, 1.165) is 17.6 Å². The lowest BCUT2D eigenvalue weighted by atomic mass is 9.93. The predicted molar refractivity (Wildman–Crippen MR) is 60.9 cm³/mol. The van der Waals surface area contributed by atoms with E-state index in [1.54, 1.807) is 12.1 Å². The van der Waals surface area contributed by atoms with Gasteiger partial charge in [0.05, 0.1) is 4.92 Å². The Morgan fingerprint density at radius 3 is 2.67 bits per heavy atom. The fourth-order valence-corrected chi connectivity index (χ4v) is 1.70. The molecule has 3 heteroatoms. The Bertz CT molecular complexity index is 385. The fourth-order valence-electron chi connectivity index (χ4n) is 1.70. The van der Waals surface area contributed by atoms with Crippen molar-refractivity contribution in [2.45, 2.75) is 26.2 Å². The zero-order chi connectivity index (χ0) is 11.4. The second-order valence-corrected chi connectivity index (χ2v) is 3.88. The van der Waals surface area contributed by atoms with Gasteiger partial charge in [-0.1, -0.05) is 30.7 Å². The first-order chi connectivity index (χ1) is 7.02. The summed E-state index contributed by atoms with van der Waals surface area (Å²) in [6.07, 6.45) is 0.783. The average molecular weight is 205 g/mol. The minimum absolute atomic E-state index is 0.143. The van der Waals surface area contributed by atoms with Crippen molar-refractivity contribution in [2.75, 3.05) is 0 Å². The molecule has 0 aliphatic rings. The summed E-state index contributed by atoms with van der Waals surface area (Å²) in [4.78, 5) is 10.5. The lowest BCUT2D eigenvalue weighted by Gasteiger charge is -2.11. The fraction of sp³-hybridized carbons (Fsp3) is 0.333. The predicted octanol–water partition coefficient (Wildman–Crippen LogP) is 3.66. The summed E-state index contributed by atoms with van der Waals surface area (Å²) in [6, 6.07) is 6.88. The molecule has 0 aliphatic heterocycles. The number of nitro groups is 1. The third-order valence-electron chi connectivity index (χ3n) is 2.32. The molecule has 0 bridgehead atoms. The molecule has 0 N–H and O–H groups in total. The van der Waals surface area contributed by atoms with Gasteiger partial charge in [-0.15, -0.1) is 6.58 Å². The molecule has 1 unspecified atom stereocenters. The van der Waals surface area contributed by atoms with Gasteiger partial charge in [-0.05, 0) is 19.3 Å². The van der Waals surface area contributed by atoms with E-state index in [2.05, 4.69) is 6.58 Å². The molecule has 15 heavy (non-hydrogen) atoms. The average Bonchev–Trinajstić information content (AvgIpc) is 2.16. The molecule has 1 aromatic carbocycles. The van der Waals surface area contributed by atoms with Crippen molar-refractivity contribution in [3.8, 4) is 0 Å². The molecule has 1 aromatic rings. The van der Waals surface area contributed by atoms with E-state index >= 15 is 0 Å². The van der Waals surface area contributed by atoms with Crippen molar-refractivity contribution >= 4 is 5.69 Å². The third-order valence-corrected chi connectivity index (χ3v) is 2.32. The highest BCUT2D eigenvalue weighted by Crippen LogP contribution is 2.29. The number of allylic oxidation sites excluding steroid dienone is 1. The summed E-state index contributed by atoms with van der Waals surface area (Å²) in [5.41, 5.74) is 2.03. The molecular formula is C12H15NO2. The van der Waals surface area contributed by atoms with E-state index in [4.69, 9.17) is 0 Å². The Balaban J connectivity index is 3.02. The highest BCUT2D eigenvalue weighted by molar-refractivity contribution is 5.42. The van der Waals surface area contributed by atoms with Crippen LogP contribution in [0.3, 0.4) is 0 Å². The quantitative estimate of drug-likeness (QED) is 0.427. The summed E-state index contributed by atoms with van der Waals surface area (Å²) >= 11 is 0.